The normalized spacial score (nSPS) is 14.7. The zero-order valence-electron chi connectivity index (χ0n) is 18.8. The molecule has 10 nitrogen and oxygen atoms in total. The van der Waals surface area contributed by atoms with Crippen LogP contribution in [0.3, 0.4) is 0 Å². The minimum Gasteiger partial charge on any atom is -0.495 e. The lowest BCUT2D eigenvalue weighted by atomic mass is 10.0. The molecule has 0 saturated carbocycles. The van der Waals surface area contributed by atoms with Gasteiger partial charge < -0.3 is 15.0 Å². The molecular weight excluding hydrogens is 448 g/mol. The summed E-state index contributed by atoms with van der Waals surface area (Å²) in [6, 6.07) is 10.4. The first kappa shape index (κ1) is 24.3. The zero-order chi connectivity index (χ0) is 24.2. The van der Waals surface area contributed by atoms with Gasteiger partial charge in [-0.25, -0.2) is 8.42 Å². The van der Waals surface area contributed by atoms with E-state index in [1.54, 1.807) is 24.3 Å². The van der Waals surface area contributed by atoms with Gasteiger partial charge in [0.15, 0.2) is 0 Å². The number of carbonyl (C=O) groups excluding carboxylic acids is 1. The third-order valence-electron chi connectivity index (χ3n) is 5.50. The van der Waals surface area contributed by atoms with Crippen LogP contribution < -0.4 is 19.7 Å². The molecular formula is C22H28N4O6S. The second kappa shape index (κ2) is 10.1. The number of carbonyl (C=O) groups is 1. The number of piperidine rings is 1. The summed E-state index contributed by atoms with van der Waals surface area (Å²) in [6.45, 7) is 4.65. The van der Waals surface area contributed by atoms with Crippen LogP contribution in [0.4, 0.5) is 17.1 Å². The molecule has 0 aromatic heterocycles. The first-order chi connectivity index (χ1) is 15.6. The second-order valence-corrected chi connectivity index (χ2v) is 9.79. The third kappa shape index (κ3) is 5.72. The highest BCUT2D eigenvalue weighted by atomic mass is 32.2. The molecule has 1 amide bonds. The van der Waals surface area contributed by atoms with Crippen molar-refractivity contribution in [2.45, 2.75) is 37.6 Å². The largest absolute Gasteiger partial charge is 0.495 e. The van der Waals surface area contributed by atoms with Gasteiger partial charge in [0.25, 0.3) is 15.7 Å². The van der Waals surface area contributed by atoms with Gasteiger partial charge in [0.2, 0.25) is 5.91 Å². The van der Waals surface area contributed by atoms with Crippen molar-refractivity contribution in [3.8, 4) is 5.75 Å². The molecule has 1 saturated heterocycles. The highest BCUT2D eigenvalue weighted by Crippen LogP contribution is 2.34. The Bertz CT molecular complexity index is 1130. The van der Waals surface area contributed by atoms with Gasteiger partial charge in [-0.05, 0) is 31.0 Å². The van der Waals surface area contributed by atoms with Crippen molar-refractivity contribution in [2.24, 2.45) is 5.92 Å². The average molecular weight is 477 g/mol. The summed E-state index contributed by atoms with van der Waals surface area (Å²) in [5.74, 6) is 0.193. The molecule has 1 aliphatic rings. The lowest BCUT2D eigenvalue weighted by molar-refractivity contribution is -0.385. The van der Waals surface area contributed by atoms with Crippen LogP contribution in [0.25, 0.3) is 0 Å². The first-order valence-corrected chi connectivity index (χ1v) is 12.1. The van der Waals surface area contributed by atoms with E-state index in [0.29, 0.717) is 37.4 Å². The molecule has 0 unspecified atom stereocenters. The number of sulfonamides is 1. The number of ether oxygens (including phenoxy) is 1. The van der Waals surface area contributed by atoms with Gasteiger partial charge in [-0.3, -0.25) is 19.6 Å². The number of amides is 1. The zero-order valence-corrected chi connectivity index (χ0v) is 19.6. The number of hydrogen-bond acceptors (Lipinski definition) is 7. The van der Waals surface area contributed by atoms with E-state index in [4.69, 9.17) is 4.74 Å². The molecule has 0 bridgehead atoms. The first-order valence-electron chi connectivity index (χ1n) is 10.6. The lowest BCUT2D eigenvalue weighted by Gasteiger charge is -2.35. The Balaban J connectivity index is 1.89. The number of anilines is 2. The average Bonchev–Trinajstić information content (AvgIpc) is 2.79. The molecule has 1 heterocycles. The number of nitrogens with zero attached hydrogens (tertiary/aromatic N) is 2. The van der Waals surface area contributed by atoms with E-state index in [1.807, 2.05) is 18.7 Å². The summed E-state index contributed by atoms with van der Waals surface area (Å²) in [5.41, 5.74) is 0.280. The van der Waals surface area contributed by atoms with Crippen LogP contribution in [0.2, 0.25) is 0 Å². The predicted molar refractivity (Wildman–Crippen MR) is 125 cm³/mol. The smallest absolute Gasteiger partial charge is 0.270 e. The molecule has 0 aliphatic carbocycles. The van der Waals surface area contributed by atoms with E-state index >= 15 is 0 Å². The summed E-state index contributed by atoms with van der Waals surface area (Å²) >= 11 is 0. The Hall–Kier alpha value is -3.34. The summed E-state index contributed by atoms with van der Waals surface area (Å²) in [6.07, 6.45) is 1.27. The van der Waals surface area contributed by atoms with E-state index in [1.165, 1.54) is 19.2 Å². The van der Waals surface area contributed by atoms with Crippen LogP contribution in [-0.4, -0.2) is 45.5 Å². The molecule has 0 spiro atoms. The molecule has 0 radical (unpaired) electrons. The Morgan fingerprint density at radius 2 is 1.85 bits per heavy atom. The van der Waals surface area contributed by atoms with Crippen LogP contribution in [0.5, 0.6) is 5.75 Å². The SMILES string of the molecule is COc1ccccc1NS(=O)(=O)c1cc([N+](=O)[O-])ccc1N1CCC(NC(=O)C(C)C)CC1. The van der Waals surface area contributed by atoms with E-state index < -0.39 is 14.9 Å². The molecule has 0 atom stereocenters. The van der Waals surface area contributed by atoms with Crippen LogP contribution in [0, 0.1) is 16.0 Å². The summed E-state index contributed by atoms with van der Waals surface area (Å²) < 4.78 is 34.3. The molecule has 2 N–H and O–H groups in total. The molecule has 1 fully saturated rings. The number of nitro benzene ring substituents is 1. The third-order valence-corrected chi connectivity index (χ3v) is 6.90. The number of benzene rings is 2. The van der Waals surface area contributed by atoms with Crippen LogP contribution in [0.15, 0.2) is 47.4 Å². The fraction of sp³-hybridized carbons (Fsp3) is 0.409. The van der Waals surface area contributed by atoms with Gasteiger partial charge in [0, 0.05) is 37.2 Å². The van der Waals surface area contributed by atoms with Gasteiger partial charge in [0.05, 0.1) is 23.4 Å². The highest BCUT2D eigenvalue weighted by Gasteiger charge is 2.29. The molecule has 11 heteroatoms. The maximum absolute atomic E-state index is 13.3. The Kier molecular flexibility index (Phi) is 7.42. The number of para-hydroxylation sites is 2. The van der Waals surface area contributed by atoms with E-state index in [-0.39, 0.29) is 34.1 Å². The summed E-state index contributed by atoms with van der Waals surface area (Å²) in [4.78, 5) is 24.4. The minimum atomic E-state index is -4.17. The maximum atomic E-state index is 13.3. The van der Waals surface area contributed by atoms with Crippen molar-refractivity contribution < 1.29 is 22.9 Å². The number of nitro groups is 1. The Morgan fingerprint density at radius 3 is 2.45 bits per heavy atom. The number of methoxy groups -OCH3 is 1. The standard InChI is InChI=1S/C22H28N4O6S/c1-15(2)22(27)23-16-10-12-25(13-11-16)19-9-8-17(26(28)29)14-21(19)33(30,31)24-18-6-4-5-7-20(18)32-3/h4-9,14-16,24H,10-13H2,1-3H3,(H,23,27). The molecule has 1 aliphatic heterocycles. The monoisotopic (exact) mass is 476 g/mol. The molecule has 178 valence electrons. The van der Waals surface area contributed by atoms with E-state index in [2.05, 4.69) is 10.0 Å². The maximum Gasteiger partial charge on any atom is 0.270 e. The topological polar surface area (TPSA) is 131 Å². The van der Waals surface area contributed by atoms with Gasteiger partial charge >= 0.3 is 0 Å². The Morgan fingerprint density at radius 1 is 1.18 bits per heavy atom. The van der Waals surface area contributed by atoms with Gasteiger partial charge in [-0.1, -0.05) is 26.0 Å². The number of non-ortho nitro benzene ring substituents is 1. The van der Waals surface area contributed by atoms with E-state index in [0.717, 1.165) is 6.07 Å². The summed E-state index contributed by atoms with van der Waals surface area (Å²) in [5, 5.41) is 14.3. The van der Waals surface area contributed by atoms with Crippen molar-refractivity contribution in [3.05, 3.63) is 52.6 Å². The minimum absolute atomic E-state index is 0.000889. The van der Waals surface area contributed by atoms with Gasteiger partial charge in [0.1, 0.15) is 10.6 Å². The van der Waals surface area contributed by atoms with Crippen molar-refractivity contribution >= 4 is 33.0 Å². The molecule has 33 heavy (non-hydrogen) atoms. The quantitative estimate of drug-likeness (QED) is 0.442. The second-order valence-electron chi connectivity index (χ2n) is 8.14. The van der Waals surface area contributed by atoms with Crippen LogP contribution in [-0.2, 0) is 14.8 Å². The van der Waals surface area contributed by atoms with Crippen molar-refractivity contribution in [2.75, 3.05) is 29.8 Å². The predicted octanol–water partition coefficient (Wildman–Crippen LogP) is 3.15. The van der Waals surface area contributed by atoms with Crippen molar-refractivity contribution in [3.63, 3.8) is 0 Å². The van der Waals surface area contributed by atoms with Crippen molar-refractivity contribution in [1.82, 2.24) is 5.32 Å². The fourth-order valence-corrected chi connectivity index (χ4v) is 4.97. The van der Waals surface area contributed by atoms with Crippen LogP contribution >= 0.6 is 0 Å². The van der Waals surface area contributed by atoms with Gasteiger partial charge in [-0.2, -0.15) is 0 Å². The lowest BCUT2D eigenvalue weighted by Crippen LogP contribution is -2.46. The molecule has 2 aromatic rings. The molecule has 3 rings (SSSR count). The summed E-state index contributed by atoms with van der Waals surface area (Å²) in [7, 11) is -2.75. The van der Waals surface area contributed by atoms with Crippen LogP contribution in [0.1, 0.15) is 26.7 Å². The fourth-order valence-electron chi connectivity index (χ4n) is 3.65. The van der Waals surface area contributed by atoms with E-state index in [9.17, 15) is 23.3 Å². The van der Waals surface area contributed by atoms with Crippen molar-refractivity contribution in [1.29, 1.82) is 0 Å². The Labute approximate surface area is 193 Å². The number of nitrogens with one attached hydrogen (secondary N) is 2. The number of rotatable bonds is 8. The highest BCUT2D eigenvalue weighted by molar-refractivity contribution is 7.93. The number of hydrogen-bond donors (Lipinski definition) is 2. The molecule has 2 aromatic carbocycles. The van der Waals surface area contributed by atoms with Gasteiger partial charge in [-0.15, -0.1) is 0 Å².